The first-order valence-electron chi connectivity index (χ1n) is 7.76. The Balaban J connectivity index is 2.02. The van der Waals surface area contributed by atoms with Gasteiger partial charge in [0.05, 0.1) is 5.92 Å². The Kier molecular flexibility index (Phi) is 5.04. The van der Waals surface area contributed by atoms with Gasteiger partial charge >= 0.3 is 0 Å². The Labute approximate surface area is 126 Å². The third kappa shape index (κ3) is 3.65. The molecule has 0 aromatic carbocycles. The highest BCUT2D eigenvalue weighted by molar-refractivity contribution is 5.94. The largest absolute Gasteiger partial charge is 0.356 e. The molecule has 116 valence electrons. The van der Waals surface area contributed by atoms with E-state index in [0.717, 1.165) is 37.1 Å². The molecule has 5 heteroatoms. The molecule has 0 spiro atoms. The fraction of sp³-hybridized carbons (Fsp3) is 0.625. The quantitative estimate of drug-likeness (QED) is 0.891. The zero-order valence-electron chi connectivity index (χ0n) is 13.2. The summed E-state index contributed by atoms with van der Waals surface area (Å²) in [4.78, 5) is 29.6. The summed E-state index contributed by atoms with van der Waals surface area (Å²) in [5.74, 6) is 0.00736. The lowest BCUT2D eigenvalue weighted by Crippen LogP contribution is -2.45. The first kappa shape index (κ1) is 15.6. The predicted molar refractivity (Wildman–Crippen MR) is 82.2 cm³/mol. The van der Waals surface area contributed by atoms with Crippen molar-refractivity contribution in [2.45, 2.75) is 40.0 Å². The normalized spacial score (nSPS) is 18.6. The number of amides is 2. The van der Waals surface area contributed by atoms with Crippen LogP contribution in [0.5, 0.6) is 0 Å². The van der Waals surface area contributed by atoms with Gasteiger partial charge in [-0.2, -0.15) is 0 Å². The van der Waals surface area contributed by atoms with E-state index in [1.165, 1.54) is 0 Å². The minimum absolute atomic E-state index is 0.00796. The van der Waals surface area contributed by atoms with Crippen molar-refractivity contribution in [1.82, 2.24) is 15.2 Å². The third-order valence-corrected chi connectivity index (χ3v) is 3.99. The molecule has 0 bridgehead atoms. The van der Waals surface area contributed by atoms with E-state index in [1.807, 2.05) is 26.8 Å². The average Bonchev–Trinajstić information content (AvgIpc) is 2.82. The second kappa shape index (κ2) is 6.78. The molecule has 0 unspecified atom stereocenters. The number of rotatable bonds is 4. The summed E-state index contributed by atoms with van der Waals surface area (Å²) in [6, 6.07) is 1.97. The van der Waals surface area contributed by atoms with Crippen molar-refractivity contribution in [1.29, 1.82) is 0 Å². The van der Waals surface area contributed by atoms with Crippen LogP contribution in [0.1, 0.15) is 47.9 Å². The maximum absolute atomic E-state index is 12.6. The van der Waals surface area contributed by atoms with Gasteiger partial charge in [-0.1, -0.05) is 6.92 Å². The first-order chi connectivity index (χ1) is 10.0. The molecule has 1 aromatic heterocycles. The molecule has 2 heterocycles. The minimum atomic E-state index is -0.0781. The van der Waals surface area contributed by atoms with Crippen molar-refractivity contribution in [3.05, 3.63) is 23.0 Å². The van der Waals surface area contributed by atoms with Crippen LogP contribution in [0.4, 0.5) is 0 Å². The van der Waals surface area contributed by atoms with Gasteiger partial charge in [0.25, 0.3) is 5.91 Å². The summed E-state index contributed by atoms with van der Waals surface area (Å²) in [7, 11) is 0. The summed E-state index contributed by atoms with van der Waals surface area (Å²) in [5, 5.41) is 2.93. The molecule has 0 saturated carbocycles. The number of piperidine rings is 1. The minimum Gasteiger partial charge on any atom is -0.356 e. The fourth-order valence-electron chi connectivity index (χ4n) is 2.88. The van der Waals surface area contributed by atoms with Crippen LogP contribution in [-0.2, 0) is 4.79 Å². The lowest BCUT2D eigenvalue weighted by Gasteiger charge is -2.32. The number of carbonyl (C=O) groups excluding carboxylic acids is 2. The number of nitrogens with zero attached hydrogens (tertiary/aromatic N) is 1. The van der Waals surface area contributed by atoms with E-state index in [-0.39, 0.29) is 17.7 Å². The van der Waals surface area contributed by atoms with Gasteiger partial charge in [0.1, 0.15) is 5.69 Å². The Morgan fingerprint density at radius 2 is 2.19 bits per heavy atom. The zero-order valence-corrected chi connectivity index (χ0v) is 13.2. The smallest absolute Gasteiger partial charge is 0.270 e. The molecule has 21 heavy (non-hydrogen) atoms. The van der Waals surface area contributed by atoms with Crippen molar-refractivity contribution in [3.63, 3.8) is 0 Å². The van der Waals surface area contributed by atoms with Crippen LogP contribution in [0.2, 0.25) is 0 Å². The predicted octanol–water partition coefficient (Wildman–Crippen LogP) is 2.01. The summed E-state index contributed by atoms with van der Waals surface area (Å²) in [6.07, 6.45) is 2.68. The van der Waals surface area contributed by atoms with Crippen molar-refractivity contribution < 1.29 is 9.59 Å². The van der Waals surface area contributed by atoms with Crippen LogP contribution in [0, 0.1) is 19.8 Å². The third-order valence-electron chi connectivity index (χ3n) is 3.99. The number of aromatic nitrogens is 1. The number of nitrogens with one attached hydrogen (secondary N) is 2. The van der Waals surface area contributed by atoms with Gasteiger partial charge in [0.15, 0.2) is 0 Å². The molecule has 2 N–H and O–H groups in total. The van der Waals surface area contributed by atoms with Crippen molar-refractivity contribution in [2.75, 3.05) is 19.6 Å². The second-order valence-electron chi connectivity index (χ2n) is 5.89. The standard InChI is InChI=1S/C16H25N3O2/c1-4-7-17-15(20)13-6-5-8-19(10-13)16(21)14-11(2)9-12(3)18-14/h9,13,18H,4-8,10H2,1-3H3,(H,17,20)/t13-/m1/s1. The van der Waals surface area contributed by atoms with Crippen molar-refractivity contribution >= 4 is 11.8 Å². The monoisotopic (exact) mass is 291 g/mol. The number of hydrogen-bond acceptors (Lipinski definition) is 2. The maximum atomic E-state index is 12.6. The topological polar surface area (TPSA) is 65.2 Å². The highest BCUT2D eigenvalue weighted by atomic mass is 16.2. The van der Waals surface area contributed by atoms with Gasteiger partial charge < -0.3 is 15.2 Å². The second-order valence-corrected chi connectivity index (χ2v) is 5.89. The molecule has 1 atom stereocenters. The zero-order chi connectivity index (χ0) is 15.4. The van der Waals surface area contributed by atoms with E-state index in [2.05, 4.69) is 10.3 Å². The number of aromatic amines is 1. The maximum Gasteiger partial charge on any atom is 0.270 e. The summed E-state index contributed by atoms with van der Waals surface area (Å²) >= 11 is 0. The summed E-state index contributed by atoms with van der Waals surface area (Å²) < 4.78 is 0. The van der Waals surface area contributed by atoms with Crippen molar-refractivity contribution in [2.24, 2.45) is 5.92 Å². The number of likely N-dealkylation sites (tertiary alicyclic amines) is 1. The molecule has 2 amide bonds. The highest BCUT2D eigenvalue weighted by Gasteiger charge is 2.29. The van der Waals surface area contributed by atoms with E-state index >= 15 is 0 Å². The van der Waals surface area contributed by atoms with Crippen LogP contribution in [0.25, 0.3) is 0 Å². The van der Waals surface area contributed by atoms with Crippen LogP contribution >= 0.6 is 0 Å². The van der Waals surface area contributed by atoms with E-state index in [4.69, 9.17) is 0 Å². The van der Waals surface area contributed by atoms with Gasteiger partial charge in [-0.25, -0.2) is 0 Å². The van der Waals surface area contributed by atoms with Gasteiger partial charge in [0.2, 0.25) is 5.91 Å². The average molecular weight is 291 g/mol. The molecular formula is C16H25N3O2. The van der Waals surface area contributed by atoms with E-state index in [0.29, 0.717) is 18.8 Å². The number of carbonyl (C=O) groups is 2. The number of hydrogen-bond donors (Lipinski definition) is 2. The van der Waals surface area contributed by atoms with Gasteiger partial charge in [-0.05, 0) is 44.7 Å². The van der Waals surface area contributed by atoms with Gasteiger partial charge in [0, 0.05) is 25.3 Å². The van der Waals surface area contributed by atoms with E-state index in [9.17, 15) is 9.59 Å². The van der Waals surface area contributed by atoms with Crippen LogP contribution < -0.4 is 5.32 Å². The number of H-pyrrole nitrogens is 1. The fourth-order valence-corrected chi connectivity index (χ4v) is 2.88. The lowest BCUT2D eigenvalue weighted by atomic mass is 9.96. The molecule has 1 aliphatic heterocycles. The SMILES string of the molecule is CCCNC(=O)[C@@H]1CCCN(C(=O)c2[nH]c(C)cc2C)C1. The van der Waals surface area contributed by atoms with Crippen LogP contribution in [-0.4, -0.2) is 41.3 Å². The Morgan fingerprint density at radius 3 is 2.81 bits per heavy atom. The van der Waals surface area contributed by atoms with Crippen molar-refractivity contribution in [3.8, 4) is 0 Å². The Hall–Kier alpha value is -1.78. The molecule has 2 rings (SSSR count). The molecule has 1 fully saturated rings. The summed E-state index contributed by atoms with van der Waals surface area (Å²) in [5.41, 5.74) is 2.61. The highest BCUT2D eigenvalue weighted by Crippen LogP contribution is 2.20. The van der Waals surface area contributed by atoms with Crippen LogP contribution in [0.15, 0.2) is 6.07 Å². The molecule has 0 aliphatic carbocycles. The Bertz CT molecular complexity index is 522. The molecule has 5 nitrogen and oxygen atoms in total. The molecular weight excluding hydrogens is 266 g/mol. The molecule has 1 aliphatic rings. The molecule has 1 saturated heterocycles. The molecule has 1 aromatic rings. The molecule has 0 radical (unpaired) electrons. The summed E-state index contributed by atoms with van der Waals surface area (Å²) in [6.45, 7) is 7.87. The van der Waals surface area contributed by atoms with E-state index < -0.39 is 0 Å². The van der Waals surface area contributed by atoms with Crippen LogP contribution in [0.3, 0.4) is 0 Å². The van der Waals surface area contributed by atoms with Gasteiger partial charge in [-0.3, -0.25) is 9.59 Å². The van der Waals surface area contributed by atoms with Gasteiger partial charge in [-0.15, -0.1) is 0 Å². The number of aryl methyl sites for hydroxylation is 2. The lowest BCUT2D eigenvalue weighted by molar-refractivity contribution is -0.126. The first-order valence-corrected chi connectivity index (χ1v) is 7.76. The van der Waals surface area contributed by atoms with E-state index in [1.54, 1.807) is 4.90 Å². The Morgan fingerprint density at radius 1 is 1.43 bits per heavy atom.